The van der Waals surface area contributed by atoms with Gasteiger partial charge < -0.3 is 15.4 Å². The van der Waals surface area contributed by atoms with Crippen LogP contribution in [0.1, 0.15) is 54.6 Å². The number of nitrogens with one attached hydrogen (secondary N) is 2. The van der Waals surface area contributed by atoms with E-state index in [1.54, 1.807) is 24.3 Å². The van der Waals surface area contributed by atoms with Crippen LogP contribution in [-0.2, 0) is 4.79 Å². The topological polar surface area (TPSA) is 67.4 Å². The molecule has 0 heterocycles. The number of unbranched alkanes of at least 4 members (excludes halogenated alkanes) is 1. The third-order valence-corrected chi connectivity index (χ3v) is 4.38. The van der Waals surface area contributed by atoms with Crippen LogP contribution >= 0.6 is 0 Å². The Morgan fingerprint density at radius 1 is 1.04 bits per heavy atom. The Kier molecular flexibility index (Phi) is 8.05. The minimum atomic E-state index is -0.641. The highest BCUT2D eigenvalue weighted by molar-refractivity contribution is 6.04. The Hall–Kier alpha value is -2.82. The predicted molar refractivity (Wildman–Crippen MR) is 113 cm³/mol. The lowest BCUT2D eigenvalue weighted by molar-refractivity contribution is -0.122. The van der Waals surface area contributed by atoms with E-state index < -0.39 is 6.10 Å². The van der Waals surface area contributed by atoms with E-state index in [0.29, 0.717) is 30.0 Å². The van der Waals surface area contributed by atoms with Crippen LogP contribution in [0.4, 0.5) is 5.69 Å². The second kappa shape index (κ2) is 10.5. The first-order valence-corrected chi connectivity index (χ1v) is 9.87. The number of hydrogen-bond acceptors (Lipinski definition) is 3. The molecule has 2 rings (SSSR count). The molecule has 5 heteroatoms. The maximum absolute atomic E-state index is 12.8. The number of carbonyl (C=O) groups is 2. The lowest BCUT2D eigenvalue weighted by Gasteiger charge is -2.19. The molecular weight excluding hydrogens is 352 g/mol. The zero-order valence-electron chi connectivity index (χ0n) is 17.2. The van der Waals surface area contributed by atoms with Gasteiger partial charge in [0.05, 0.1) is 11.3 Å². The molecule has 5 nitrogen and oxygen atoms in total. The van der Waals surface area contributed by atoms with Gasteiger partial charge in [-0.1, -0.05) is 38.5 Å². The van der Waals surface area contributed by atoms with Crippen molar-refractivity contribution in [2.75, 3.05) is 11.9 Å². The van der Waals surface area contributed by atoms with E-state index in [1.807, 2.05) is 32.9 Å². The van der Waals surface area contributed by atoms with Gasteiger partial charge in [-0.15, -0.1) is 0 Å². The third kappa shape index (κ3) is 6.12. The highest BCUT2D eigenvalue weighted by Gasteiger charge is 2.21. The minimum absolute atomic E-state index is 0.187. The van der Waals surface area contributed by atoms with E-state index in [2.05, 4.69) is 23.6 Å². The van der Waals surface area contributed by atoms with E-state index in [1.165, 1.54) is 0 Å². The standard InChI is InChI=1S/C23H30N2O3/c1-5-7-12-24-22(26)19-10-8-9-11-20(19)25-23(27)21(6-2)28-18-14-16(3)13-17(4)15-18/h8-11,13-15,21H,5-7,12H2,1-4H3,(H,24,26)(H,25,27). The van der Waals surface area contributed by atoms with Gasteiger partial charge in [0, 0.05) is 6.54 Å². The van der Waals surface area contributed by atoms with E-state index >= 15 is 0 Å². The van der Waals surface area contributed by atoms with Crippen molar-refractivity contribution < 1.29 is 14.3 Å². The quantitative estimate of drug-likeness (QED) is 0.621. The lowest BCUT2D eigenvalue weighted by atomic mass is 10.1. The van der Waals surface area contributed by atoms with Gasteiger partial charge in [0.2, 0.25) is 0 Å². The zero-order valence-corrected chi connectivity index (χ0v) is 17.2. The van der Waals surface area contributed by atoms with E-state index in [0.717, 1.165) is 24.0 Å². The van der Waals surface area contributed by atoms with Gasteiger partial charge in [-0.05, 0) is 62.1 Å². The number of para-hydroxylation sites is 1. The summed E-state index contributed by atoms with van der Waals surface area (Å²) < 4.78 is 5.93. The van der Waals surface area contributed by atoms with Gasteiger partial charge in [-0.3, -0.25) is 9.59 Å². The summed E-state index contributed by atoms with van der Waals surface area (Å²) in [6, 6.07) is 12.9. The molecule has 1 atom stereocenters. The van der Waals surface area contributed by atoms with Gasteiger partial charge in [-0.25, -0.2) is 0 Å². The molecule has 0 saturated heterocycles. The fourth-order valence-corrected chi connectivity index (χ4v) is 2.96. The lowest BCUT2D eigenvalue weighted by Crippen LogP contribution is -2.33. The summed E-state index contributed by atoms with van der Waals surface area (Å²) in [6.07, 6.45) is 1.80. The smallest absolute Gasteiger partial charge is 0.265 e. The first-order chi connectivity index (χ1) is 13.4. The fourth-order valence-electron chi connectivity index (χ4n) is 2.96. The Morgan fingerprint density at radius 3 is 2.36 bits per heavy atom. The molecule has 2 N–H and O–H groups in total. The van der Waals surface area contributed by atoms with Crippen LogP contribution < -0.4 is 15.4 Å². The monoisotopic (exact) mass is 382 g/mol. The number of anilines is 1. The predicted octanol–water partition coefficient (Wildman–Crippen LogP) is 4.63. The second-order valence-electron chi connectivity index (χ2n) is 6.98. The van der Waals surface area contributed by atoms with Crippen LogP contribution in [0.5, 0.6) is 5.75 Å². The third-order valence-electron chi connectivity index (χ3n) is 4.38. The number of hydrogen-bond donors (Lipinski definition) is 2. The number of ether oxygens (including phenoxy) is 1. The van der Waals surface area contributed by atoms with E-state index in [-0.39, 0.29) is 11.8 Å². The molecule has 28 heavy (non-hydrogen) atoms. The highest BCUT2D eigenvalue weighted by atomic mass is 16.5. The van der Waals surface area contributed by atoms with Gasteiger partial charge in [0.1, 0.15) is 5.75 Å². The van der Waals surface area contributed by atoms with E-state index in [9.17, 15) is 9.59 Å². The molecule has 2 aromatic carbocycles. The summed E-state index contributed by atoms with van der Waals surface area (Å²) in [7, 11) is 0. The fraction of sp³-hybridized carbons (Fsp3) is 0.391. The van der Waals surface area contributed by atoms with Crippen LogP contribution in [0, 0.1) is 13.8 Å². The van der Waals surface area contributed by atoms with Crippen LogP contribution in [0.2, 0.25) is 0 Å². The molecule has 0 spiro atoms. The average Bonchev–Trinajstić information content (AvgIpc) is 2.65. The van der Waals surface area contributed by atoms with Crippen molar-refractivity contribution in [1.82, 2.24) is 5.32 Å². The summed E-state index contributed by atoms with van der Waals surface area (Å²) in [4.78, 5) is 25.2. The summed E-state index contributed by atoms with van der Waals surface area (Å²) >= 11 is 0. The molecule has 0 radical (unpaired) electrons. The first-order valence-electron chi connectivity index (χ1n) is 9.87. The van der Waals surface area contributed by atoms with Crippen LogP contribution in [0.15, 0.2) is 42.5 Å². The molecule has 150 valence electrons. The molecule has 0 bridgehead atoms. The largest absolute Gasteiger partial charge is 0.481 e. The Labute approximate surface area is 167 Å². The number of benzene rings is 2. The zero-order chi connectivity index (χ0) is 20.5. The molecule has 0 fully saturated rings. The Balaban J connectivity index is 2.11. The van der Waals surface area contributed by atoms with Crippen molar-refractivity contribution in [3.63, 3.8) is 0 Å². The van der Waals surface area contributed by atoms with Crippen molar-refractivity contribution in [3.8, 4) is 5.75 Å². The number of aryl methyl sites for hydroxylation is 2. The maximum atomic E-state index is 12.8. The number of amides is 2. The minimum Gasteiger partial charge on any atom is -0.481 e. The second-order valence-corrected chi connectivity index (χ2v) is 6.98. The number of carbonyl (C=O) groups excluding carboxylic acids is 2. The summed E-state index contributed by atoms with van der Waals surface area (Å²) in [5, 5.41) is 5.75. The maximum Gasteiger partial charge on any atom is 0.265 e. The summed E-state index contributed by atoms with van der Waals surface area (Å²) in [5.74, 6) is 0.216. The molecular formula is C23H30N2O3. The summed E-state index contributed by atoms with van der Waals surface area (Å²) in [5.41, 5.74) is 3.11. The summed E-state index contributed by atoms with van der Waals surface area (Å²) in [6.45, 7) is 8.57. The van der Waals surface area contributed by atoms with Gasteiger partial charge >= 0.3 is 0 Å². The molecule has 0 saturated carbocycles. The molecule has 1 unspecified atom stereocenters. The Bertz CT molecular complexity index is 797. The normalized spacial score (nSPS) is 11.6. The van der Waals surface area contributed by atoms with Crippen LogP contribution in [0.3, 0.4) is 0 Å². The van der Waals surface area contributed by atoms with E-state index in [4.69, 9.17) is 4.74 Å². The van der Waals surface area contributed by atoms with Crippen molar-refractivity contribution in [2.45, 2.75) is 53.1 Å². The van der Waals surface area contributed by atoms with Gasteiger partial charge in [0.25, 0.3) is 11.8 Å². The van der Waals surface area contributed by atoms with Crippen molar-refractivity contribution in [3.05, 3.63) is 59.2 Å². The molecule has 0 aliphatic rings. The van der Waals surface area contributed by atoms with Crippen molar-refractivity contribution in [2.24, 2.45) is 0 Å². The van der Waals surface area contributed by atoms with Crippen molar-refractivity contribution in [1.29, 1.82) is 0 Å². The molecule has 2 aromatic rings. The molecule has 2 amide bonds. The molecule has 0 aromatic heterocycles. The average molecular weight is 383 g/mol. The highest BCUT2D eigenvalue weighted by Crippen LogP contribution is 2.20. The van der Waals surface area contributed by atoms with Gasteiger partial charge in [0.15, 0.2) is 6.10 Å². The Morgan fingerprint density at radius 2 is 1.71 bits per heavy atom. The van der Waals surface area contributed by atoms with Gasteiger partial charge in [-0.2, -0.15) is 0 Å². The molecule has 0 aliphatic carbocycles. The SMILES string of the molecule is CCCCNC(=O)c1ccccc1NC(=O)C(CC)Oc1cc(C)cc(C)c1. The van der Waals surface area contributed by atoms with Crippen LogP contribution in [-0.4, -0.2) is 24.5 Å². The first kappa shape index (κ1) is 21.5. The van der Waals surface area contributed by atoms with Crippen molar-refractivity contribution >= 4 is 17.5 Å². The van der Waals surface area contributed by atoms with Crippen LogP contribution in [0.25, 0.3) is 0 Å². The molecule has 0 aliphatic heterocycles. The number of rotatable bonds is 9.